The lowest BCUT2D eigenvalue weighted by Gasteiger charge is -2.03. The van der Waals surface area contributed by atoms with E-state index >= 15 is 0 Å². The Morgan fingerprint density at radius 1 is 1.50 bits per heavy atom. The number of thiol groups is 1. The van der Waals surface area contributed by atoms with Gasteiger partial charge >= 0.3 is 0 Å². The van der Waals surface area contributed by atoms with E-state index in [4.69, 9.17) is 11.6 Å². The molecule has 64 valence electrons. The third-order valence-corrected chi connectivity index (χ3v) is 1.91. The highest BCUT2D eigenvalue weighted by molar-refractivity contribution is 7.81. The summed E-state index contributed by atoms with van der Waals surface area (Å²) in [4.78, 5) is 10.9. The topological polar surface area (TPSA) is 29.1 Å². The Labute approximate surface area is 81.3 Å². The van der Waals surface area contributed by atoms with Crippen LogP contribution in [0.2, 0.25) is 5.02 Å². The van der Waals surface area contributed by atoms with Gasteiger partial charge in [0.05, 0.1) is 16.5 Å². The van der Waals surface area contributed by atoms with Crippen molar-refractivity contribution in [3.05, 3.63) is 29.3 Å². The number of amides is 1. The van der Waals surface area contributed by atoms with Crippen molar-refractivity contribution < 1.29 is 4.79 Å². The first kappa shape index (κ1) is 9.42. The number of nitrogens with one attached hydrogen (secondary N) is 1. The van der Waals surface area contributed by atoms with Gasteiger partial charge in [0.1, 0.15) is 0 Å². The quantitative estimate of drug-likeness (QED) is 0.706. The largest absolute Gasteiger partial charge is 0.324 e. The molecule has 0 saturated carbocycles. The summed E-state index contributed by atoms with van der Waals surface area (Å²) in [5.74, 6) is -0.00275. The van der Waals surface area contributed by atoms with Gasteiger partial charge in [-0.15, -0.1) is 0 Å². The Kier molecular flexibility index (Phi) is 3.44. The van der Waals surface area contributed by atoms with Gasteiger partial charge in [0.2, 0.25) is 5.91 Å². The van der Waals surface area contributed by atoms with E-state index in [0.717, 1.165) is 0 Å². The summed E-state index contributed by atoms with van der Waals surface area (Å²) in [5.41, 5.74) is 0.623. The molecule has 0 fully saturated rings. The molecule has 4 heteroatoms. The maximum Gasteiger partial charge on any atom is 0.234 e. The van der Waals surface area contributed by atoms with E-state index in [1.807, 2.05) is 0 Å². The van der Waals surface area contributed by atoms with Crippen LogP contribution in [-0.2, 0) is 4.79 Å². The number of hydrogen-bond acceptors (Lipinski definition) is 2. The number of carbonyl (C=O) groups is 1. The minimum absolute atomic E-state index is 0.158. The number of anilines is 1. The molecular formula is C8H8ClNOS. The molecule has 1 N–H and O–H groups in total. The highest BCUT2D eigenvalue weighted by Crippen LogP contribution is 2.19. The molecule has 0 aliphatic rings. The zero-order valence-corrected chi connectivity index (χ0v) is 7.90. The molecule has 0 spiro atoms. The van der Waals surface area contributed by atoms with Gasteiger partial charge in [-0.3, -0.25) is 4.79 Å². The van der Waals surface area contributed by atoms with E-state index in [-0.39, 0.29) is 11.7 Å². The molecule has 0 saturated heterocycles. The molecule has 0 heterocycles. The van der Waals surface area contributed by atoms with E-state index in [0.29, 0.717) is 10.7 Å². The Bertz CT molecular complexity index is 290. The number of benzene rings is 1. The number of para-hydroxylation sites is 1. The van der Waals surface area contributed by atoms with Crippen LogP contribution in [0.15, 0.2) is 24.3 Å². The highest BCUT2D eigenvalue weighted by atomic mass is 35.5. The average Bonchev–Trinajstić information content (AvgIpc) is 2.09. The predicted octanol–water partition coefficient (Wildman–Crippen LogP) is 2.21. The van der Waals surface area contributed by atoms with Gasteiger partial charge in [-0.2, -0.15) is 12.6 Å². The second-order valence-electron chi connectivity index (χ2n) is 2.19. The Morgan fingerprint density at radius 3 is 2.75 bits per heavy atom. The summed E-state index contributed by atoms with van der Waals surface area (Å²) in [7, 11) is 0. The van der Waals surface area contributed by atoms with Gasteiger partial charge in [-0.05, 0) is 12.1 Å². The molecule has 2 nitrogen and oxygen atoms in total. The fourth-order valence-electron chi connectivity index (χ4n) is 0.752. The molecule has 1 aromatic rings. The molecule has 0 aromatic heterocycles. The SMILES string of the molecule is O=C(CS)Nc1ccccc1Cl. The molecule has 0 bridgehead atoms. The van der Waals surface area contributed by atoms with E-state index in [1.165, 1.54) is 0 Å². The van der Waals surface area contributed by atoms with Gasteiger partial charge in [0.25, 0.3) is 0 Å². The number of rotatable bonds is 2. The van der Waals surface area contributed by atoms with Crippen LogP contribution in [0.4, 0.5) is 5.69 Å². The summed E-state index contributed by atoms with van der Waals surface area (Å²) >= 11 is 9.61. The molecule has 1 rings (SSSR count). The highest BCUT2D eigenvalue weighted by Gasteiger charge is 2.01. The number of halogens is 1. The summed E-state index contributed by atoms with van der Waals surface area (Å²) in [6, 6.07) is 7.07. The van der Waals surface area contributed by atoms with Crippen molar-refractivity contribution in [2.75, 3.05) is 11.1 Å². The first-order valence-corrected chi connectivity index (χ1v) is 4.40. The van der Waals surface area contributed by atoms with Crippen molar-refractivity contribution in [2.45, 2.75) is 0 Å². The summed E-state index contributed by atoms with van der Waals surface area (Å²) in [5, 5.41) is 3.15. The minimum Gasteiger partial charge on any atom is -0.324 e. The first-order valence-electron chi connectivity index (χ1n) is 3.39. The minimum atomic E-state index is -0.161. The third-order valence-electron chi connectivity index (χ3n) is 1.29. The molecule has 1 amide bonds. The molecule has 12 heavy (non-hydrogen) atoms. The lowest BCUT2D eigenvalue weighted by molar-refractivity contribution is -0.113. The summed E-state index contributed by atoms with van der Waals surface area (Å²) in [6.07, 6.45) is 0. The second-order valence-corrected chi connectivity index (χ2v) is 2.91. The van der Waals surface area contributed by atoms with Crippen LogP contribution in [0.3, 0.4) is 0 Å². The van der Waals surface area contributed by atoms with Crippen molar-refractivity contribution in [1.82, 2.24) is 0 Å². The van der Waals surface area contributed by atoms with Crippen LogP contribution in [-0.4, -0.2) is 11.7 Å². The Morgan fingerprint density at radius 2 is 2.17 bits per heavy atom. The summed E-state index contributed by atoms with van der Waals surface area (Å²) in [6.45, 7) is 0. The normalized spacial score (nSPS) is 9.50. The average molecular weight is 202 g/mol. The van der Waals surface area contributed by atoms with Gasteiger partial charge in [0, 0.05) is 0 Å². The van der Waals surface area contributed by atoms with Gasteiger partial charge in [-0.1, -0.05) is 23.7 Å². The molecule has 0 atom stereocenters. The van der Waals surface area contributed by atoms with Crippen molar-refractivity contribution in [3.8, 4) is 0 Å². The van der Waals surface area contributed by atoms with Crippen LogP contribution in [0.1, 0.15) is 0 Å². The van der Waals surface area contributed by atoms with Crippen molar-refractivity contribution in [2.24, 2.45) is 0 Å². The van der Waals surface area contributed by atoms with Gasteiger partial charge in [0.15, 0.2) is 0 Å². The maximum absolute atomic E-state index is 10.9. The molecule has 0 aliphatic carbocycles. The number of carbonyl (C=O) groups excluding carboxylic acids is 1. The molecule has 1 aromatic carbocycles. The zero-order chi connectivity index (χ0) is 8.97. The molecule has 0 radical (unpaired) electrons. The predicted molar refractivity (Wildman–Crippen MR) is 53.9 cm³/mol. The van der Waals surface area contributed by atoms with E-state index in [2.05, 4.69) is 17.9 Å². The molecular weight excluding hydrogens is 194 g/mol. The van der Waals surface area contributed by atoms with E-state index < -0.39 is 0 Å². The fourth-order valence-corrected chi connectivity index (χ4v) is 1.01. The monoisotopic (exact) mass is 201 g/mol. The van der Waals surface area contributed by atoms with Gasteiger partial charge in [-0.25, -0.2) is 0 Å². The van der Waals surface area contributed by atoms with Gasteiger partial charge < -0.3 is 5.32 Å². The van der Waals surface area contributed by atoms with Crippen LogP contribution in [0.5, 0.6) is 0 Å². The standard InChI is InChI=1S/C8H8ClNOS/c9-6-3-1-2-4-7(6)10-8(11)5-12/h1-4,12H,5H2,(H,10,11). The van der Waals surface area contributed by atoms with Crippen LogP contribution in [0.25, 0.3) is 0 Å². The summed E-state index contributed by atoms with van der Waals surface area (Å²) < 4.78 is 0. The van der Waals surface area contributed by atoms with Crippen LogP contribution < -0.4 is 5.32 Å². The van der Waals surface area contributed by atoms with E-state index in [9.17, 15) is 4.79 Å². The van der Waals surface area contributed by atoms with Crippen molar-refractivity contribution in [3.63, 3.8) is 0 Å². The Balaban J connectivity index is 2.75. The van der Waals surface area contributed by atoms with Crippen LogP contribution in [0, 0.1) is 0 Å². The molecule has 0 aliphatic heterocycles. The Hall–Kier alpha value is -0.670. The lowest BCUT2D eigenvalue weighted by Crippen LogP contribution is -2.12. The smallest absolute Gasteiger partial charge is 0.234 e. The first-order chi connectivity index (χ1) is 5.74. The third kappa shape index (κ3) is 2.43. The molecule has 0 unspecified atom stereocenters. The fraction of sp³-hybridized carbons (Fsp3) is 0.125. The number of hydrogen-bond donors (Lipinski definition) is 2. The van der Waals surface area contributed by atoms with Crippen molar-refractivity contribution >= 4 is 35.8 Å². The van der Waals surface area contributed by atoms with Crippen molar-refractivity contribution in [1.29, 1.82) is 0 Å². The lowest BCUT2D eigenvalue weighted by atomic mass is 10.3. The zero-order valence-electron chi connectivity index (χ0n) is 6.25. The second kappa shape index (κ2) is 4.38. The van der Waals surface area contributed by atoms with E-state index in [1.54, 1.807) is 24.3 Å². The maximum atomic E-state index is 10.9. The van der Waals surface area contributed by atoms with Crippen LogP contribution >= 0.6 is 24.2 Å².